The first kappa shape index (κ1) is 24.1. The van der Waals surface area contributed by atoms with E-state index in [1.54, 1.807) is 6.07 Å². The van der Waals surface area contributed by atoms with Crippen molar-refractivity contribution < 1.29 is 18.7 Å². The van der Waals surface area contributed by atoms with Gasteiger partial charge in [-0.3, -0.25) is 14.6 Å². The fourth-order valence-corrected chi connectivity index (χ4v) is 3.10. The van der Waals surface area contributed by atoms with Crippen LogP contribution in [0.1, 0.15) is 24.2 Å². The number of carbonyl (C=O) groups excluding carboxylic acids is 2. The van der Waals surface area contributed by atoms with Crippen molar-refractivity contribution in [2.45, 2.75) is 13.8 Å². The van der Waals surface area contributed by atoms with E-state index < -0.39 is 11.7 Å². The Morgan fingerprint density at radius 1 is 1.29 bits per heavy atom. The van der Waals surface area contributed by atoms with Crippen molar-refractivity contribution in [1.29, 1.82) is 0 Å². The van der Waals surface area contributed by atoms with E-state index in [2.05, 4.69) is 15.6 Å². The van der Waals surface area contributed by atoms with Gasteiger partial charge in [0, 0.05) is 26.2 Å². The van der Waals surface area contributed by atoms with E-state index in [1.807, 2.05) is 18.7 Å². The second-order valence-corrected chi connectivity index (χ2v) is 6.48. The standard InChI is InChI=1S/C19H27FN4O3.HI/c1-4-21-19(24-11-13(2)15(12-24)18(26)27-3)23-10-9-22-17(25)14-7-5-6-8-16(14)20;/h5-8,13,15H,4,9-12H2,1-3H3,(H,21,23)(H,22,25);1H. The van der Waals surface area contributed by atoms with Crippen LogP contribution in [0.15, 0.2) is 29.3 Å². The number of nitrogens with zero attached hydrogens (tertiary/aromatic N) is 2. The SMILES string of the molecule is CCNC(=NCCNC(=O)c1ccccc1F)N1CC(C)C(C(=O)OC)C1.I. The van der Waals surface area contributed by atoms with Gasteiger partial charge in [-0.25, -0.2) is 4.39 Å². The van der Waals surface area contributed by atoms with E-state index in [9.17, 15) is 14.0 Å². The first-order valence-electron chi connectivity index (χ1n) is 9.11. The molecular weight excluding hydrogens is 478 g/mol. The molecule has 2 rings (SSSR count). The lowest BCUT2D eigenvalue weighted by Crippen LogP contribution is -2.41. The van der Waals surface area contributed by atoms with Crippen LogP contribution in [-0.2, 0) is 9.53 Å². The van der Waals surface area contributed by atoms with Crippen LogP contribution in [-0.4, -0.2) is 62.6 Å². The van der Waals surface area contributed by atoms with Crippen LogP contribution in [0.4, 0.5) is 4.39 Å². The van der Waals surface area contributed by atoms with Crippen molar-refractivity contribution in [3.05, 3.63) is 35.6 Å². The molecule has 1 aliphatic rings. The molecule has 1 aliphatic heterocycles. The molecule has 9 heteroatoms. The van der Waals surface area contributed by atoms with Crippen molar-refractivity contribution in [2.24, 2.45) is 16.8 Å². The molecule has 1 aromatic carbocycles. The molecule has 2 atom stereocenters. The number of aliphatic imine (C=N–C) groups is 1. The number of halogens is 2. The van der Waals surface area contributed by atoms with Crippen LogP contribution in [0.25, 0.3) is 0 Å². The minimum absolute atomic E-state index is 0. The zero-order chi connectivity index (χ0) is 19.8. The second-order valence-electron chi connectivity index (χ2n) is 6.48. The van der Waals surface area contributed by atoms with E-state index in [1.165, 1.54) is 25.3 Å². The van der Waals surface area contributed by atoms with Gasteiger partial charge in [-0.05, 0) is 25.0 Å². The average molecular weight is 506 g/mol. The highest BCUT2D eigenvalue weighted by molar-refractivity contribution is 14.0. The molecule has 1 saturated heterocycles. The Kier molecular flexibility index (Phi) is 10.2. The molecule has 1 heterocycles. The molecule has 0 aromatic heterocycles. The Labute approximate surface area is 182 Å². The van der Waals surface area contributed by atoms with Crippen LogP contribution in [0.2, 0.25) is 0 Å². The van der Waals surface area contributed by atoms with E-state index >= 15 is 0 Å². The normalized spacial score (nSPS) is 19.0. The summed E-state index contributed by atoms with van der Waals surface area (Å²) in [7, 11) is 1.40. The number of amides is 1. The highest BCUT2D eigenvalue weighted by Gasteiger charge is 2.36. The van der Waals surface area contributed by atoms with Crippen LogP contribution >= 0.6 is 24.0 Å². The number of nitrogens with one attached hydrogen (secondary N) is 2. The largest absolute Gasteiger partial charge is 0.469 e. The highest BCUT2D eigenvalue weighted by atomic mass is 127. The summed E-state index contributed by atoms with van der Waals surface area (Å²) in [6, 6.07) is 5.85. The van der Waals surface area contributed by atoms with Gasteiger partial charge in [0.1, 0.15) is 5.82 Å². The van der Waals surface area contributed by atoms with E-state index in [0.29, 0.717) is 32.1 Å². The molecule has 0 saturated carbocycles. The number of guanidine groups is 1. The van der Waals surface area contributed by atoms with Gasteiger partial charge in [-0.1, -0.05) is 19.1 Å². The number of carbonyl (C=O) groups is 2. The average Bonchev–Trinajstić information content (AvgIpc) is 3.05. The number of hydrogen-bond donors (Lipinski definition) is 2. The zero-order valence-corrected chi connectivity index (χ0v) is 18.7. The van der Waals surface area contributed by atoms with Gasteiger partial charge in [-0.2, -0.15) is 0 Å². The van der Waals surface area contributed by atoms with E-state index in [-0.39, 0.29) is 53.9 Å². The third-order valence-corrected chi connectivity index (χ3v) is 4.53. The predicted molar refractivity (Wildman–Crippen MR) is 116 cm³/mol. The molecule has 0 aliphatic carbocycles. The van der Waals surface area contributed by atoms with Crippen molar-refractivity contribution in [3.8, 4) is 0 Å². The van der Waals surface area contributed by atoms with Crippen LogP contribution in [0.5, 0.6) is 0 Å². The number of methoxy groups -OCH3 is 1. The predicted octanol–water partition coefficient (Wildman–Crippen LogP) is 1.88. The molecule has 28 heavy (non-hydrogen) atoms. The topological polar surface area (TPSA) is 83.0 Å². The number of ether oxygens (including phenoxy) is 1. The van der Waals surface area contributed by atoms with Crippen molar-refractivity contribution in [3.63, 3.8) is 0 Å². The Balaban J connectivity index is 0.00000392. The molecular formula is C19H28FIN4O3. The first-order chi connectivity index (χ1) is 13.0. The van der Waals surface area contributed by atoms with Crippen LogP contribution < -0.4 is 10.6 Å². The number of hydrogen-bond acceptors (Lipinski definition) is 4. The van der Waals surface area contributed by atoms with Gasteiger partial charge >= 0.3 is 5.97 Å². The zero-order valence-electron chi connectivity index (χ0n) is 16.4. The number of rotatable bonds is 6. The molecule has 2 unspecified atom stereocenters. The lowest BCUT2D eigenvalue weighted by Gasteiger charge is -2.21. The van der Waals surface area contributed by atoms with Gasteiger partial charge in [0.15, 0.2) is 5.96 Å². The monoisotopic (exact) mass is 506 g/mol. The van der Waals surface area contributed by atoms with E-state index in [0.717, 1.165) is 0 Å². The molecule has 156 valence electrons. The Morgan fingerprint density at radius 3 is 2.64 bits per heavy atom. The summed E-state index contributed by atoms with van der Waals surface area (Å²) in [5.74, 6) is -0.545. The quantitative estimate of drug-likeness (QED) is 0.203. The molecule has 0 radical (unpaired) electrons. The van der Waals surface area contributed by atoms with Gasteiger partial charge < -0.3 is 20.3 Å². The number of benzene rings is 1. The van der Waals surface area contributed by atoms with Crippen LogP contribution in [0, 0.1) is 17.7 Å². The maximum Gasteiger partial charge on any atom is 0.310 e. The Hall–Kier alpha value is -1.91. The van der Waals surface area contributed by atoms with Crippen LogP contribution in [0.3, 0.4) is 0 Å². The summed E-state index contributed by atoms with van der Waals surface area (Å²) in [4.78, 5) is 30.4. The number of esters is 1. The van der Waals surface area contributed by atoms with Gasteiger partial charge in [0.25, 0.3) is 5.91 Å². The fourth-order valence-electron chi connectivity index (χ4n) is 3.10. The summed E-state index contributed by atoms with van der Waals surface area (Å²) in [6.07, 6.45) is 0. The van der Waals surface area contributed by atoms with Gasteiger partial charge in [0.2, 0.25) is 0 Å². The maximum atomic E-state index is 13.6. The molecule has 7 nitrogen and oxygen atoms in total. The summed E-state index contributed by atoms with van der Waals surface area (Å²) in [6.45, 7) is 6.54. The minimum Gasteiger partial charge on any atom is -0.469 e. The summed E-state index contributed by atoms with van der Waals surface area (Å²) < 4.78 is 18.5. The summed E-state index contributed by atoms with van der Waals surface area (Å²) in [5, 5.41) is 5.87. The number of likely N-dealkylation sites (tertiary alicyclic amines) is 1. The Bertz CT molecular complexity index is 702. The minimum atomic E-state index is -0.549. The molecule has 0 bridgehead atoms. The third kappa shape index (κ3) is 6.32. The maximum absolute atomic E-state index is 13.6. The first-order valence-corrected chi connectivity index (χ1v) is 9.11. The Morgan fingerprint density at radius 2 is 2.00 bits per heavy atom. The van der Waals surface area contributed by atoms with Gasteiger partial charge in [0.05, 0.1) is 25.1 Å². The fraction of sp³-hybridized carbons (Fsp3) is 0.526. The van der Waals surface area contributed by atoms with Crippen molar-refractivity contribution in [2.75, 3.05) is 39.8 Å². The smallest absolute Gasteiger partial charge is 0.310 e. The lowest BCUT2D eigenvalue weighted by atomic mass is 9.99. The molecule has 0 spiro atoms. The molecule has 2 N–H and O–H groups in total. The van der Waals surface area contributed by atoms with Gasteiger partial charge in [-0.15, -0.1) is 24.0 Å². The highest BCUT2D eigenvalue weighted by Crippen LogP contribution is 2.24. The van der Waals surface area contributed by atoms with E-state index in [4.69, 9.17) is 4.74 Å². The van der Waals surface area contributed by atoms with Crippen molar-refractivity contribution in [1.82, 2.24) is 15.5 Å². The molecule has 1 fully saturated rings. The lowest BCUT2D eigenvalue weighted by molar-refractivity contribution is -0.145. The van der Waals surface area contributed by atoms with Crippen molar-refractivity contribution >= 4 is 41.8 Å². The second kappa shape index (κ2) is 11.8. The summed E-state index contributed by atoms with van der Waals surface area (Å²) >= 11 is 0. The molecule has 1 amide bonds. The third-order valence-electron chi connectivity index (χ3n) is 4.53. The molecule has 1 aromatic rings. The summed E-state index contributed by atoms with van der Waals surface area (Å²) in [5.41, 5.74) is 0.0164.